The van der Waals surface area contributed by atoms with E-state index in [4.69, 9.17) is 5.11 Å². The maximum atomic E-state index is 13.2. The zero-order valence-electron chi connectivity index (χ0n) is 9.95. The third kappa shape index (κ3) is 5.01. The number of rotatable bonds is 6. The Bertz CT molecular complexity index is 415. The first-order valence-corrected chi connectivity index (χ1v) is 6.55. The first-order valence-electron chi connectivity index (χ1n) is 5.50. The summed E-state index contributed by atoms with van der Waals surface area (Å²) in [6.45, 7) is 1.97. The summed E-state index contributed by atoms with van der Waals surface area (Å²) in [5, 5.41) is 11.2. The first kappa shape index (κ1) is 14.9. The van der Waals surface area contributed by atoms with Crippen molar-refractivity contribution in [2.24, 2.45) is 0 Å². The van der Waals surface area contributed by atoms with Gasteiger partial charge in [0.2, 0.25) is 5.91 Å². The van der Waals surface area contributed by atoms with Crippen molar-refractivity contribution in [3.8, 4) is 0 Å². The monoisotopic (exact) mass is 275 g/mol. The highest BCUT2D eigenvalue weighted by Gasteiger charge is 2.10. The zero-order chi connectivity index (χ0) is 13.5. The quantitative estimate of drug-likeness (QED) is 0.838. The molecular formula is C12H15F2NO2S. The van der Waals surface area contributed by atoms with Crippen LogP contribution in [0.5, 0.6) is 0 Å². The molecule has 1 aromatic carbocycles. The molecule has 0 bridgehead atoms. The van der Waals surface area contributed by atoms with Gasteiger partial charge in [-0.15, -0.1) is 11.8 Å². The van der Waals surface area contributed by atoms with Crippen LogP contribution in [-0.2, 0) is 4.79 Å². The lowest BCUT2D eigenvalue weighted by Crippen LogP contribution is -2.17. The van der Waals surface area contributed by atoms with E-state index in [1.54, 1.807) is 0 Å². The van der Waals surface area contributed by atoms with Crippen LogP contribution in [-0.4, -0.2) is 28.6 Å². The molecule has 2 N–H and O–H groups in total. The van der Waals surface area contributed by atoms with Crippen LogP contribution in [0.2, 0.25) is 0 Å². The summed E-state index contributed by atoms with van der Waals surface area (Å²) >= 11 is 1.37. The first-order chi connectivity index (χ1) is 8.52. The highest BCUT2D eigenvalue weighted by atomic mass is 32.2. The van der Waals surface area contributed by atoms with Gasteiger partial charge in [0.05, 0.1) is 11.4 Å². The number of carbonyl (C=O) groups excluding carboxylic acids is 1. The topological polar surface area (TPSA) is 49.3 Å². The van der Waals surface area contributed by atoms with Gasteiger partial charge in [-0.1, -0.05) is 6.92 Å². The van der Waals surface area contributed by atoms with Crippen molar-refractivity contribution in [3.63, 3.8) is 0 Å². The van der Waals surface area contributed by atoms with E-state index in [2.05, 4.69) is 5.32 Å². The van der Waals surface area contributed by atoms with Gasteiger partial charge in [0.1, 0.15) is 11.6 Å². The summed E-state index contributed by atoms with van der Waals surface area (Å²) < 4.78 is 25.9. The molecule has 0 aliphatic carbocycles. The van der Waals surface area contributed by atoms with Crippen LogP contribution in [0.1, 0.15) is 13.3 Å². The van der Waals surface area contributed by atoms with Crippen LogP contribution in [0, 0.1) is 11.6 Å². The van der Waals surface area contributed by atoms with Gasteiger partial charge in [-0.25, -0.2) is 8.78 Å². The van der Waals surface area contributed by atoms with Crippen molar-refractivity contribution >= 4 is 23.4 Å². The van der Waals surface area contributed by atoms with Gasteiger partial charge in [0, 0.05) is 17.9 Å². The minimum Gasteiger partial charge on any atom is -0.396 e. The minimum absolute atomic E-state index is 0.0307. The molecule has 0 saturated heterocycles. The molecule has 0 fully saturated rings. The molecule has 1 amide bonds. The number of nitrogens with one attached hydrogen (secondary N) is 1. The second-order valence-corrected chi connectivity index (χ2v) is 5.23. The Kier molecular flexibility index (Phi) is 6.07. The van der Waals surface area contributed by atoms with E-state index in [0.29, 0.717) is 6.42 Å². The van der Waals surface area contributed by atoms with E-state index in [9.17, 15) is 13.6 Å². The number of anilines is 1. The van der Waals surface area contributed by atoms with Gasteiger partial charge in [-0.05, 0) is 18.6 Å². The number of benzene rings is 1. The third-order valence-corrected chi connectivity index (χ3v) is 3.47. The van der Waals surface area contributed by atoms with Gasteiger partial charge in [0.15, 0.2) is 0 Å². The molecule has 1 aromatic rings. The van der Waals surface area contributed by atoms with E-state index >= 15 is 0 Å². The lowest BCUT2D eigenvalue weighted by atomic mass is 10.3. The number of hydrogen-bond donors (Lipinski definition) is 2. The van der Waals surface area contributed by atoms with Crippen molar-refractivity contribution in [1.29, 1.82) is 0 Å². The fourth-order valence-electron chi connectivity index (χ4n) is 1.26. The van der Waals surface area contributed by atoms with Gasteiger partial charge in [-0.3, -0.25) is 4.79 Å². The van der Waals surface area contributed by atoms with Crippen molar-refractivity contribution in [1.82, 2.24) is 0 Å². The van der Waals surface area contributed by atoms with Crippen molar-refractivity contribution in [3.05, 3.63) is 29.8 Å². The van der Waals surface area contributed by atoms with Crippen LogP contribution in [0.15, 0.2) is 18.2 Å². The lowest BCUT2D eigenvalue weighted by molar-refractivity contribution is -0.113. The second kappa shape index (κ2) is 7.33. The van der Waals surface area contributed by atoms with E-state index in [1.165, 1.54) is 17.8 Å². The summed E-state index contributed by atoms with van der Waals surface area (Å²) in [5.74, 6) is -1.67. The summed E-state index contributed by atoms with van der Waals surface area (Å²) in [4.78, 5) is 11.5. The predicted octanol–water partition coefficient (Wildman–Crippen LogP) is 2.41. The van der Waals surface area contributed by atoms with E-state index in [1.807, 2.05) is 6.92 Å². The average Bonchev–Trinajstić information content (AvgIpc) is 2.31. The van der Waals surface area contributed by atoms with Crippen LogP contribution in [0.4, 0.5) is 14.5 Å². The molecule has 18 heavy (non-hydrogen) atoms. The Morgan fingerprint density at radius 3 is 2.83 bits per heavy atom. The normalized spacial score (nSPS) is 12.2. The summed E-state index contributed by atoms with van der Waals surface area (Å²) in [6.07, 6.45) is 0.600. The second-order valence-electron chi connectivity index (χ2n) is 3.81. The van der Waals surface area contributed by atoms with Crippen molar-refractivity contribution in [2.45, 2.75) is 18.6 Å². The minimum atomic E-state index is -0.795. The van der Waals surface area contributed by atoms with Gasteiger partial charge in [0.25, 0.3) is 0 Å². The molecule has 1 rings (SSSR count). The molecule has 6 heteroatoms. The highest BCUT2D eigenvalue weighted by molar-refractivity contribution is 8.00. The molecule has 100 valence electrons. The number of thioether (sulfide) groups is 1. The van der Waals surface area contributed by atoms with Gasteiger partial charge < -0.3 is 10.4 Å². The molecule has 0 spiro atoms. The molecule has 0 aliphatic heterocycles. The van der Waals surface area contributed by atoms with Gasteiger partial charge >= 0.3 is 0 Å². The van der Waals surface area contributed by atoms with Crippen LogP contribution in [0.3, 0.4) is 0 Å². The zero-order valence-corrected chi connectivity index (χ0v) is 10.8. The average molecular weight is 275 g/mol. The number of carbonyl (C=O) groups is 1. The molecule has 0 aliphatic rings. The molecule has 3 nitrogen and oxygen atoms in total. The Morgan fingerprint density at radius 1 is 1.50 bits per heavy atom. The van der Waals surface area contributed by atoms with E-state index < -0.39 is 11.6 Å². The largest absolute Gasteiger partial charge is 0.396 e. The van der Waals surface area contributed by atoms with Crippen molar-refractivity contribution < 1.29 is 18.7 Å². The van der Waals surface area contributed by atoms with Crippen LogP contribution < -0.4 is 5.32 Å². The number of aliphatic hydroxyl groups is 1. The summed E-state index contributed by atoms with van der Waals surface area (Å²) in [7, 11) is 0. The fraction of sp³-hybridized carbons (Fsp3) is 0.417. The van der Waals surface area contributed by atoms with Crippen LogP contribution >= 0.6 is 11.8 Å². The van der Waals surface area contributed by atoms with E-state index in [-0.39, 0.29) is 29.2 Å². The molecule has 1 unspecified atom stereocenters. The fourth-order valence-corrected chi connectivity index (χ4v) is 2.04. The predicted molar refractivity (Wildman–Crippen MR) is 68.6 cm³/mol. The molecule has 0 saturated carbocycles. The Morgan fingerprint density at radius 2 is 2.22 bits per heavy atom. The lowest BCUT2D eigenvalue weighted by Gasteiger charge is -2.10. The number of hydrogen-bond acceptors (Lipinski definition) is 3. The molecule has 0 heterocycles. The Hall–Kier alpha value is -1.14. The third-order valence-electron chi connectivity index (χ3n) is 2.24. The summed E-state index contributed by atoms with van der Waals surface area (Å²) in [5.41, 5.74) is -0.0307. The maximum Gasteiger partial charge on any atom is 0.234 e. The van der Waals surface area contributed by atoms with Gasteiger partial charge in [-0.2, -0.15) is 0 Å². The van der Waals surface area contributed by atoms with Crippen LogP contribution in [0.25, 0.3) is 0 Å². The Balaban J connectivity index is 2.44. The Labute approximate surface area is 109 Å². The van der Waals surface area contributed by atoms with Crippen molar-refractivity contribution in [2.75, 3.05) is 17.7 Å². The molecular weight excluding hydrogens is 260 g/mol. The maximum absolute atomic E-state index is 13.2. The number of halogens is 2. The molecule has 0 aromatic heterocycles. The number of amides is 1. The standard InChI is InChI=1S/C12H15F2NO2S/c1-8(4-5-16)18-7-12(17)15-11-3-2-9(13)6-10(11)14/h2-3,6,8,16H,4-5,7H2,1H3,(H,15,17). The molecule has 0 radical (unpaired) electrons. The SMILES string of the molecule is CC(CCO)SCC(=O)Nc1ccc(F)cc1F. The summed E-state index contributed by atoms with van der Waals surface area (Å²) in [6, 6.07) is 2.99. The number of aliphatic hydroxyl groups excluding tert-OH is 1. The smallest absolute Gasteiger partial charge is 0.234 e. The molecule has 1 atom stereocenters. The van der Waals surface area contributed by atoms with E-state index in [0.717, 1.165) is 12.1 Å². The highest BCUT2D eigenvalue weighted by Crippen LogP contribution is 2.17.